The fraction of sp³-hybridized carbons (Fsp3) is 0.160. The zero-order chi connectivity index (χ0) is 20.9. The molecule has 1 atom stereocenters. The van der Waals surface area contributed by atoms with Gasteiger partial charge in [-0.2, -0.15) is 0 Å². The van der Waals surface area contributed by atoms with Crippen molar-refractivity contribution >= 4 is 5.91 Å². The van der Waals surface area contributed by atoms with E-state index in [1.807, 2.05) is 84.4 Å². The van der Waals surface area contributed by atoms with Crippen molar-refractivity contribution in [2.45, 2.75) is 19.4 Å². The summed E-state index contributed by atoms with van der Waals surface area (Å²) in [4.78, 5) is 22.5. The summed E-state index contributed by atoms with van der Waals surface area (Å²) in [6.45, 7) is 2.07. The van der Waals surface area contributed by atoms with Crippen LogP contribution in [0.3, 0.4) is 0 Å². The zero-order valence-electron chi connectivity index (χ0n) is 17.1. The summed E-state index contributed by atoms with van der Waals surface area (Å²) in [5.41, 5.74) is 4.06. The number of aromatic nitrogens is 3. The van der Waals surface area contributed by atoms with Gasteiger partial charge in [0.2, 0.25) is 0 Å². The Morgan fingerprint density at radius 1 is 0.967 bits per heavy atom. The van der Waals surface area contributed by atoms with Crippen LogP contribution in [-0.4, -0.2) is 20.4 Å². The maximum absolute atomic E-state index is 13.5. The summed E-state index contributed by atoms with van der Waals surface area (Å²) in [6.07, 6.45) is 4.28. The van der Waals surface area contributed by atoms with Crippen LogP contribution >= 0.6 is 0 Å². The van der Waals surface area contributed by atoms with Gasteiger partial charge in [-0.1, -0.05) is 67.6 Å². The molecule has 0 saturated heterocycles. The lowest BCUT2D eigenvalue weighted by molar-refractivity contribution is 0.0928. The second kappa shape index (κ2) is 8.74. The molecule has 1 amide bonds. The minimum absolute atomic E-state index is 0.0703. The van der Waals surface area contributed by atoms with E-state index in [1.165, 1.54) is 0 Å². The minimum Gasteiger partial charge on any atom is -0.344 e. The van der Waals surface area contributed by atoms with Crippen molar-refractivity contribution in [3.05, 3.63) is 96.4 Å². The van der Waals surface area contributed by atoms with E-state index in [0.29, 0.717) is 17.2 Å². The maximum Gasteiger partial charge on any atom is 0.270 e. The molecular formula is C25H24N4O. The molecule has 1 N–H and O–H groups in total. The van der Waals surface area contributed by atoms with Crippen molar-refractivity contribution in [3.63, 3.8) is 0 Å². The number of nitrogens with zero attached hydrogens (tertiary/aromatic N) is 3. The summed E-state index contributed by atoms with van der Waals surface area (Å²) in [6, 6.07) is 23.6. The average molecular weight is 396 g/mol. The molecule has 5 nitrogen and oxygen atoms in total. The maximum atomic E-state index is 13.5. The second-order valence-electron chi connectivity index (χ2n) is 7.14. The van der Waals surface area contributed by atoms with Gasteiger partial charge in [0.15, 0.2) is 0 Å². The highest BCUT2D eigenvalue weighted by Crippen LogP contribution is 2.29. The van der Waals surface area contributed by atoms with Crippen LogP contribution < -0.4 is 5.32 Å². The number of carbonyl (C=O) groups excluding carboxylic acids is 1. The Kier molecular flexibility index (Phi) is 5.70. The van der Waals surface area contributed by atoms with Crippen LogP contribution in [0, 0.1) is 0 Å². The van der Waals surface area contributed by atoms with Gasteiger partial charge in [-0.05, 0) is 24.1 Å². The molecule has 1 unspecified atom stereocenters. The van der Waals surface area contributed by atoms with Gasteiger partial charge in [0.25, 0.3) is 5.91 Å². The first-order valence-electron chi connectivity index (χ1n) is 10.1. The van der Waals surface area contributed by atoms with Crippen molar-refractivity contribution in [3.8, 4) is 22.6 Å². The molecule has 0 bridgehead atoms. The molecular weight excluding hydrogens is 372 g/mol. The van der Waals surface area contributed by atoms with Crippen molar-refractivity contribution in [2.24, 2.45) is 7.05 Å². The molecule has 0 aliphatic rings. The molecule has 2 heterocycles. The summed E-state index contributed by atoms with van der Waals surface area (Å²) in [7, 11) is 1.88. The number of hydrogen-bond acceptors (Lipinski definition) is 3. The Labute approximate surface area is 176 Å². The Morgan fingerprint density at radius 2 is 1.63 bits per heavy atom. The van der Waals surface area contributed by atoms with E-state index in [1.54, 1.807) is 12.4 Å². The van der Waals surface area contributed by atoms with Crippen molar-refractivity contribution in [1.82, 2.24) is 19.9 Å². The Morgan fingerprint density at radius 3 is 2.27 bits per heavy atom. The number of imidazole rings is 1. The van der Waals surface area contributed by atoms with E-state index in [9.17, 15) is 4.79 Å². The SMILES string of the molecule is CCC(NC(=O)c1c(-c2ccccc2)nc(-c2cccnc2)n1C)c1ccccc1. The van der Waals surface area contributed by atoms with Crippen LogP contribution in [0.25, 0.3) is 22.6 Å². The Hall–Kier alpha value is -3.73. The lowest BCUT2D eigenvalue weighted by Crippen LogP contribution is -2.30. The normalized spacial score (nSPS) is 11.8. The van der Waals surface area contributed by atoms with E-state index >= 15 is 0 Å². The summed E-state index contributed by atoms with van der Waals surface area (Å²) < 4.78 is 1.85. The van der Waals surface area contributed by atoms with Gasteiger partial charge in [0, 0.05) is 30.6 Å². The first-order chi connectivity index (χ1) is 14.7. The molecule has 2 aromatic heterocycles. The van der Waals surface area contributed by atoms with Crippen molar-refractivity contribution < 1.29 is 4.79 Å². The predicted molar refractivity (Wildman–Crippen MR) is 119 cm³/mol. The number of rotatable bonds is 6. The first-order valence-corrected chi connectivity index (χ1v) is 10.1. The highest BCUT2D eigenvalue weighted by molar-refractivity contribution is 5.99. The third-order valence-corrected chi connectivity index (χ3v) is 5.19. The van der Waals surface area contributed by atoms with E-state index in [4.69, 9.17) is 4.98 Å². The molecule has 150 valence electrons. The van der Waals surface area contributed by atoms with Crippen LogP contribution in [0.2, 0.25) is 0 Å². The van der Waals surface area contributed by atoms with Gasteiger partial charge >= 0.3 is 0 Å². The van der Waals surface area contributed by atoms with E-state index in [2.05, 4.69) is 17.2 Å². The standard InChI is InChI=1S/C25H24N4O/c1-3-21(18-11-6-4-7-12-18)27-25(30)23-22(19-13-8-5-9-14-19)28-24(29(23)2)20-15-10-16-26-17-20/h4-17,21H,3H2,1-2H3,(H,27,30). The number of nitrogens with one attached hydrogen (secondary N) is 1. The molecule has 5 heteroatoms. The van der Waals surface area contributed by atoms with Crippen LogP contribution in [-0.2, 0) is 7.05 Å². The first kappa shape index (κ1) is 19.6. The van der Waals surface area contributed by atoms with Gasteiger partial charge in [-0.15, -0.1) is 0 Å². The van der Waals surface area contributed by atoms with E-state index in [0.717, 1.165) is 23.1 Å². The number of amides is 1. The molecule has 0 radical (unpaired) electrons. The fourth-order valence-corrected chi connectivity index (χ4v) is 3.64. The van der Waals surface area contributed by atoms with Crippen molar-refractivity contribution in [1.29, 1.82) is 0 Å². The van der Waals surface area contributed by atoms with Crippen LogP contribution in [0.5, 0.6) is 0 Å². The molecule has 0 aliphatic carbocycles. The molecule has 0 spiro atoms. The molecule has 0 aliphatic heterocycles. The second-order valence-corrected chi connectivity index (χ2v) is 7.14. The quantitative estimate of drug-likeness (QED) is 0.497. The molecule has 4 rings (SSSR count). The van der Waals surface area contributed by atoms with Crippen LogP contribution in [0.15, 0.2) is 85.2 Å². The minimum atomic E-state index is -0.144. The highest BCUT2D eigenvalue weighted by Gasteiger charge is 2.25. The Bertz CT molecular complexity index is 1120. The molecule has 30 heavy (non-hydrogen) atoms. The van der Waals surface area contributed by atoms with Crippen LogP contribution in [0.1, 0.15) is 35.4 Å². The topological polar surface area (TPSA) is 59.8 Å². The number of carbonyl (C=O) groups is 1. The summed E-state index contributed by atoms with van der Waals surface area (Å²) in [5, 5.41) is 3.20. The average Bonchev–Trinajstić information content (AvgIpc) is 3.16. The zero-order valence-corrected chi connectivity index (χ0v) is 17.1. The Balaban J connectivity index is 1.77. The van der Waals surface area contributed by atoms with Gasteiger partial charge in [0.05, 0.1) is 6.04 Å². The fourth-order valence-electron chi connectivity index (χ4n) is 3.64. The lowest BCUT2D eigenvalue weighted by atomic mass is 10.0. The monoisotopic (exact) mass is 396 g/mol. The largest absolute Gasteiger partial charge is 0.344 e. The van der Waals surface area contributed by atoms with E-state index in [-0.39, 0.29) is 11.9 Å². The van der Waals surface area contributed by atoms with Gasteiger partial charge < -0.3 is 9.88 Å². The lowest BCUT2D eigenvalue weighted by Gasteiger charge is -2.18. The highest BCUT2D eigenvalue weighted by atomic mass is 16.2. The smallest absolute Gasteiger partial charge is 0.270 e. The third-order valence-electron chi connectivity index (χ3n) is 5.19. The third kappa shape index (κ3) is 3.87. The van der Waals surface area contributed by atoms with Gasteiger partial charge in [-0.25, -0.2) is 4.98 Å². The number of pyridine rings is 1. The molecule has 4 aromatic rings. The summed E-state index contributed by atoms with van der Waals surface area (Å²) in [5.74, 6) is 0.564. The predicted octanol–water partition coefficient (Wildman–Crippen LogP) is 5.03. The molecule has 0 fully saturated rings. The number of benzene rings is 2. The number of hydrogen-bond donors (Lipinski definition) is 1. The van der Waals surface area contributed by atoms with E-state index < -0.39 is 0 Å². The van der Waals surface area contributed by atoms with Crippen molar-refractivity contribution in [2.75, 3.05) is 0 Å². The molecule has 0 saturated carbocycles. The van der Waals surface area contributed by atoms with Gasteiger partial charge in [0.1, 0.15) is 17.2 Å². The van der Waals surface area contributed by atoms with Gasteiger partial charge in [-0.3, -0.25) is 9.78 Å². The summed E-state index contributed by atoms with van der Waals surface area (Å²) >= 11 is 0. The van der Waals surface area contributed by atoms with Crippen LogP contribution in [0.4, 0.5) is 0 Å². The molecule has 2 aromatic carbocycles.